The number of hydrogen-bond donors (Lipinski definition) is 2. The first-order chi connectivity index (χ1) is 12.2. The molecule has 2 rings (SSSR count). The van der Waals surface area contributed by atoms with Crippen molar-refractivity contribution in [3.63, 3.8) is 0 Å². The number of sulfonamides is 1. The molecule has 0 heterocycles. The Morgan fingerprint density at radius 1 is 0.885 bits per heavy atom. The van der Waals surface area contributed by atoms with Crippen molar-refractivity contribution in [2.24, 2.45) is 4.40 Å². The highest BCUT2D eigenvalue weighted by atomic mass is 32.2. The molecule has 140 valence electrons. The average molecular weight is 377 g/mol. The quantitative estimate of drug-likeness (QED) is 0.615. The molecular weight excluding hydrogens is 354 g/mol. The summed E-state index contributed by atoms with van der Waals surface area (Å²) in [4.78, 5) is 0. The molecule has 0 radical (unpaired) electrons. The molecule has 0 unspecified atom stereocenters. The van der Waals surface area contributed by atoms with Crippen molar-refractivity contribution >= 4 is 27.4 Å². The molecule has 0 bridgehead atoms. The third kappa shape index (κ3) is 5.66. The van der Waals surface area contributed by atoms with Crippen molar-refractivity contribution in [3.05, 3.63) is 47.5 Å². The van der Waals surface area contributed by atoms with Gasteiger partial charge in [-0.3, -0.25) is 0 Å². The molecule has 0 saturated heterocycles. The Morgan fingerprint density at radius 3 is 2.00 bits per heavy atom. The number of anilines is 2. The maximum atomic E-state index is 11.7. The lowest BCUT2D eigenvalue weighted by atomic mass is 10.1. The van der Waals surface area contributed by atoms with E-state index in [1.165, 1.54) is 7.11 Å². The molecule has 0 atom stereocenters. The first-order valence-corrected chi connectivity index (χ1v) is 9.69. The van der Waals surface area contributed by atoms with E-state index >= 15 is 0 Å². The molecule has 0 aliphatic carbocycles. The molecule has 0 amide bonds. The van der Waals surface area contributed by atoms with Crippen LogP contribution in [-0.2, 0) is 10.0 Å². The predicted octanol–water partition coefficient (Wildman–Crippen LogP) is 3.16. The Bertz CT molecular complexity index is 904. The summed E-state index contributed by atoms with van der Waals surface area (Å²) < 4.78 is 37.6. The summed E-state index contributed by atoms with van der Waals surface area (Å²) in [5.41, 5.74) is 3.44. The monoisotopic (exact) mass is 377 g/mol. The van der Waals surface area contributed by atoms with Gasteiger partial charge in [0, 0.05) is 17.4 Å². The van der Waals surface area contributed by atoms with Crippen LogP contribution < -0.4 is 20.1 Å². The SMILES string of the molecule is COc1ccc(N/C(=N/S(C)(=O)=O)Nc2cc(C)cc(C)c2)cc1OC. The van der Waals surface area contributed by atoms with Crippen molar-refractivity contribution in [1.82, 2.24) is 0 Å². The van der Waals surface area contributed by atoms with Crippen LogP contribution in [0.25, 0.3) is 0 Å². The van der Waals surface area contributed by atoms with Crippen LogP contribution in [0.15, 0.2) is 40.8 Å². The van der Waals surface area contributed by atoms with Crippen molar-refractivity contribution in [1.29, 1.82) is 0 Å². The van der Waals surface area contributed by atoms with E-state index in [0.717, 1.165) is 23.1 Å². The molecule has 0 spiro atoms. The summed E-state index contributed by atoms with van der Waals surface area (Å²) in [5.74, 6) is 1.18. The van der Waals surface area contributed by atoms with Gasteiger partial charge in [-0.15, -0.1) is 4.40 Å². The lowest BCUT2D eigenvalue weighted by molar-refractivity contribution is 0.355. The molecule has 26 heavy (non-hydrogen) atoms. The van der Waals surface area contributed by atoms with E-state index < -0.39 is 10.0 Å². The van der Waals surface area contributed by atoms with Gasteiger partial charge in [0.15, 0.2) is 11.5 Å². The second-order valence-corrected chi connectivity index (χ2v) is 7.52. The first kappa shape index (κ1) is 19.6. The number of rotatable bonds is 5. The number of hydrogen-bond acceptors (Lipinski definition) is 4. The minimum atomic E-state index is -3.61. The summed E-state index contributed by atoms with van der Waals surface area (Å²) in [7, 11) is -0.532. The molecule has 0 aliphatic heterocycles. The zero-order valence-corrected chi connectivity index (χ0v) is 16.3. The summed E-state index contributed by atoms with van der Waals surface area (Å²) in [6.45, 7) is 3.93. The molecule has 0 saturated carbocycles. The normalized spacial score (nSPS) is 11.8. The molecule has 2 N–H and O–H groups in total. The van der Waals surface area contributed by atoms with Gasteiger partial charge in [-0.25, -0.2) is 8.42 Å². The number of guanidine groups is 1. The lowest BCUT2D eigenvalue weighted by Gasteiger charge is -2.15. The van der Waals surface area contributed by atoms with Crippen molar-refractivity contribution in [3.8, 4) is 11.5 Å². The molecule has 8 heteroatoms. The fraction of sp³-hybridized carbons (Fsp3) is 0.278. The Morgan fingerprint density at radius 2 is 1.46 bits per heavy atom. The van der Waals surface area contributed by atoms with Gasteiger partial charge in [-0.2, -0.15) is 0 Å². The van der Waals surface area contributed by atoms with Crippen LogP contribution in [0.1, 0.15) is 11.1 Å². The van der Waals surface area contributed by atoms with Crippen LogP contribution in [-0.4, -0.2) is 34.9 Å². The fourth-order valence-electron chi connectivity index (χ4n) is 2.48. The summed E-state index contributed by atoms with van der Waals surface area (Å²) in [6.07, 6.45) is 1.03. The van der Waals surface area contributed by atoms with Gasteiger partial charge < -0.3 is 20.1 Å². The van der Waals surface area contributed by atoms with Gasteiger partial charge in [-0.1, -0.05) is 6.07 Å². The minimum absolute atomic E-state index is 0.0877. The van der Waals surface area contributed by atoms with Crippen molar-refractivity contribution in [2.75, 3.05) is 31.1 Å². The molecule has 0 aromatic heterocycles. The van der Waals surface area contributed by atoms with Gasteiger partial charge in [-0.05, 0) is 49.2 Å². The van der Waals surface area contributed by atoms with Crippen LogP contribution in [0.2, 0.25) is 0 Å². The van der Waals surface area contributed by atoms with E-state index in [-0.39, 0.29) is 5.96 Å². The highest BCUT2D eigenvalue weighted by molar-refractivity contribution is 7.89. The van der Waals surface area contributed by atoms with Crippen LogP contribution in [0.3, 0.4) is 0 Å². The molecule has 2 aromatic rings. The van der Waals surface area contributed by atoms with E-state index in [9.17, 15) is 8.42 Å². The van der Waals surface area contributed by atoms with E-state index in [4.69, 9.17) is 9.47 Å². The van der Waals surface area contributed by atoms with Gasteiger partial charge >= 0.3 is 0 Å². The topological polar surface area (TPSA) is 89.0 Å². The first-order valence-electron chi connectivity index (χ1n) is 7.84. The van der Waals surface area contributed by atoms with Gasteiger partial charge in [0.25, 0.3) is 10.0 Å². The Kier molecular flexibility index (Phi) is 6.10. The Hall–Kier alpha value is -2.74. The number of ether oxygens (including phenoxy) is 2. The summed E-state index contributed by atoms with van der Waals surface area (Å²) in [6, 6.07) is 11.0. The maximum absolute atomic E-state index is 11.7. The van der Waals surface area contributed by atoms with Crippen LogP contribution in [0.5, 0.6) is 11.5 Å². The predicted molar refractivity (Wildman–Crippen MR) is 105 cm³/mol. The number of nitrogens with one attached hydrogen (secondary N) is 2. The second-order valence-electron chi connectivity index (χ2n) is 5.87. The van der Waals surface area contributed by atoms with Crippen LogP contribution >= 0.6 is 0 Å². The molecule has 0 aliphatic rings. The van der Waals surface area contributed by atoms with E-state index in [0.29, 0.717) is 17.2 Å². The highest BCUT2D eigenvalue weighted by Gasteiger charge is 2.10. The van der Waals surface area contributed by atoms with Crippen molar-refractivity contribution in [2.45, 2.75) is 13.8 Å². The molecule has 7 nitrogen and oxygen atoms in total. The third-order valence-corrected chi connectivity index (χ3v) is 3.90. The lowest BCUT2D eigenvalue weighted by Crippen LogP contribution is -2.23. The maximum Gasteiger partial charge on any atom is 0.253 e. The number of aryl methyl sites for hydroxylation is 2. The van der Waals surface area contributed by atoms with Crippen LogP contribution in [0.4, 0.5) is 11.4 Å². The number of methoxy groups -OCH3 is 2. The fourth-order valence-corrected chi connectivity index (χ4v) is 2.90. The zero-order valence-electron chi connectivity index (χ0n) is 15.5. The van der Waals surface area contributed by atoms with Crippen LogP contribution in [0, 0.1) is 13.8 Å². The zero-order chi connectivity index (χ0) is 19.3. The van der Waals surface area contributed by atoms with Gasteiger partial charge in [0.2, 0.25) is 5.96 Å². The molecule has 0 fully saturated rings. The van der Waals surface area contributed by atoms with Crippen molar-refractivity contribution < 1.29 is 17.9 Å². The van der Waals surface area contributed by atoms with Gasteiger partial charge in [0.1, 0.15) is 0 Å². The number of benzene rings is 2. The molecule has 2 aromatic carbocycles. The highest BCUT2D eigenvalue weighted by Crippen LogP contribution is 2.29. The standard InChI is InChI=1S/C18H23N3O4S/c1-12-8-13(2)10-15(9-12)20-18(21-26(5,22)23)19-14-6-7-16(24-3)17(11-14)25-4/h6-11H,1-5H3,(H2,19,20,21). The summed E-state index contributed by atoms with van der Waals surface area (Å²) in [5, 5.41) is 5.99. The Labute approximate surface area is 154 Å². The summed E-state index contributed by atoms with van der Waals surface area (Å²) >= 11 is 0. The average Bonchev–Trinajstić information content (AvgIpc) is 2.52. The Balaban J connectivity index is 2.36. The minimum Gasteiger partial charge on any atom is -0.493 e. The smallest absolute Gasteiger partial charge is 0.253 e. The molecular formula is C18H23N3O4S. The van der Waals surface area contributed by atoms with E-state index in [1.807, 2.05) is 32.0 Å². The van der Waals surface area contributed by atoms with E-state index in [2.05, 4.69) is 15.0 Å². The number of nitrogens with zero attached hydrogens (tertiary/aromatic N) is 1. The van der Waals surface area contributed by atoms with Gasteiger partial charge in [0.05, 0.1) is 20.5 Å². The second kappa shape index (κ2) is 8.09. The third-order valence-electron chi connectivity index (χ3n) is 3.39. The largest absolute Gasteiger partial charge is 0.493 e. The van der Waals surface area contributed by atoms with E-state index in [1.54, 1.807) is 25.3 Å².